The van der Waals surface area contributed by atoms with Crippen LogP contribution in [0.5, 0.6) is 0 Å². The number of primary sulfonamides is 1. The molecule has 7 heteroatoms. The number of hydrogen-bond donors (Lipinski definition) is 2. The molecule has 2 rings (SSSR count). The van der Waals surface area contributed by atoms with Gasteiger partial charge in [-0.2, -0.15) is 0 Å². The fraction of sp³-hybridized carbons (Fsp3) is 0.250. The number of sulfonamides is 1. The number of anilines is 1. The second-order valence-corrected chi connectivity index (χ2v) is 6.86. The molecule has 0 atom stereocenters. The fourth-order valence-corrected chi connectivity index (χ4v) is 2.80. The minimum atomic E-state index is -3.67. The van der Waals surface area contributed by atoms with Crippen molar-refractivity contribution in [2.45, 2.75) is 25.3 Å². The van der Waals surface area contributed by atoms with Crippen molar-refractivity contribution in [3.63, 3.8) is 0 Å². The van der Waals surface area contributed by atoms with Crippen molar-refractivity contribution in [2.75, 3.05) is 5.32 Å². The molecule has 1 aromatic heterocycles. The van der Waals surface area contributed by atoms with Gasteiger partial charge in [-0.05, 0) is 31.5 Å². The van der Waals surface area contributed by atoms with Gasteiger partial charge in [-0.25, -0.2) is 18.5 Å². The second kappa shape index (κ2) is 5.28. The number of benzene rings is 1. The Morgan fingerprint density at radius 1 is 1.37 bits per heavy atom. The van der Waals surface area contributed by atoms with Crippen molar-refractivity contribution in [1.82, 2.24) is 4.98 Å². The average Bonchev–Trinajstić information content (AvgIpc) is 2.72. The quantitative estimate of drug-likeness (QED) is 0.904. The fourth-order valence-electron chi connectivity index (χ4n) is 1.64. The van der Waals surface area contributed by atoms with Gasteiger partial charge in [-0.1, -0.05) is 6.07 Å². The van der Waals surface area contributed by atoms with Crippen LogP contribution in [0.3, 0.4) is 0 Å². The van der Waals surface area contributed by atoms with Gasteiger partial charge in [0.1, 0.15) is 0 Å². The third-order valence-electron chi connectivity index (χ3n) is 2.66. The summed E-state index contributed by atoms with van der Waals surface area (Å²) < 4.78 is 22.6. The van der Waals surface area contributed by atoms with E-state index in [9.17, 15) is 8.42 Å². The SMILES string of the molecule is Cc1nc(CNc2cc(S(N)(=O)=O)ccc2C)cs1. The Bertz CT molecular complexity index is 693. The second-order valence-electron chi connectivity index (χ2n) is 4.23. The van der Waals surface area contributed by atoms with Gasteiger partial charge < -0.3 is 5.32 Å². The van der Waals surface area contributed by atoms with E-state index in [4.69, 9.17) is 5.14 Å². The van der Waals surface area contributed by atoms with Gasteiger partial charge in [0.05, 0.1) is 22.1 Å². The van der Waals surface area contributed by atoms with Crippen LogP contribution in [0.15, 0.2) is 28.5 Å². The van der Waals surface area contributed by atoms with Crippen molar-refractivity contribution >= 4 is 27.0 Å². The summed E-state index contributed by atoms with van der Waals surface area (Å²) in [7, 11) is -3.67. The number of aromatic nitrogens is 1. The summed E-state index contributed by atoms with van der Waals surface area (Å²) >= 11 is 1.58. The van der Waals surface area contributed by atoms with E-state index in [2.05, 4.69) is 10.3 Å². The third-order valence-corrected chi connectivity index (χ3v) is 4.40. The Balaban J connectivity index is 2.20. The topological polar surface area (TPSA) is 85.1 Å². The Kier molecular flexibility index (Phi) is 3.88. The lowest BCUT2D eigenvalue weighted by atomic mass is 10.2. The minimum Gasteiger partial charge on any atom is -0.379 e. The van der Waals surface area contributed by atoms with Crippen LogP contribution >= 0.6 is 11.3 Å². The largest absolute Gasteiger partial charge is 0.379 e. The van der Waals surface area contributed by atoms with Gasteiger partial charge in [0.2, 0.25) is 10.0 Å². The molecule has 0 saturated heterocycles. The van der Waals surface area contributed by atoms with Gasteiger partial charge in [0.15, 0.2) is 0 Å². The van der Waals surface area contributed by atoms with E-state index in [0.717, 1.165) is 22.0 Å². The number of hydrogen-bond acceptors (Lipinski definition) is 5. The highest BCUT2D eigenvalue weighted by atomic mass is 32.2. The maximum absolute atomic E-state index is 11.3. The van der Waals surface area contributed by atoms with Crippen LogP contribution in [-0.2, 0) is 16.6 Å². The van der Waals surface area contributed by atoms with Crippen LogP contribution in [-0.4, -0.2) is 13.4 Å². The molecule has 0 fully saturated rings. The molecule has 0 spiro atoms. The molecule has 5 nitrogen and oxygen atoms in total. The highest BCUT2D eigenvalue weighted by Gasteiger charge is 2.10. The van der Waals surface area contributed by atoms with E-state index < -0.39 is 10.0 Å². The molecule has 0 aliphatic heterocycles. The van der Waals surface area contributed by atoms with Crippen LogP contribution in [0.1, 0.15) is 16.3 Å². The molecular formula is C12H15N3O2S2. The van der Waals surface area contributed by atoms with E-state index in [1.807, 2.05) is 19.2 Å². The lowest BCUT2D eigenvalue weighted by molar-refractivity contribution is 0.598. The smallest absolute Gasteiger partial charge is 0.238 e. The molecule has 0 unspecified atom stereocenters. The molecule has 0 amide bonds. The third kappa shape index (κ3) is 3.52. The molecule has 0 aliphatic carbocycles. The minimum absolute atomic E-state index is 0.107. The summed E-state index contributed by atoms with van der Waals surface area (Å²) in [6.07, 6.45) is 0. The van der Waals surface area contributed by atoms with Crippen LogP contribution in [0.2, 0.25) is 0 Å². The predicted octanol–water partition coefficient (Wildman–Crippen LogP) is 2.02. The molecule has 1 heterocycles. The van der Waals surface area contributed by atoms with Crippen molar-refractivity contribution < 1.29 is 8.42 Å². The van der Waals surface area contributed by atoms with E-state index in [-0.39, 0.29) is 4.90 Å². The van der Waals surface area contributed by atoms with Gasteiger partial charge in [-0.15, -0.1) is 11.3 Å². The highest BCUT2D eigenvalue weighted by molar-refractivity contribution is 7.89. The number of nitrogens with one attached hydrogen (secondary N) is 1. The van der Waals surface area contributed by atoms with Crippen LogP contribution in [0.25, 0.3) is 0 Å². The average molecular weight is 297 g/mol. The summed E-state index contributed by atoms with van der Waals surface area (Å²) in [5.41, 5.74) is 2.64. The summed E-state index contributed by atoms with van der Waals surface area (Å²) in [5.74, 6) is 0. The van der Waals surface area contributed by atoms with E-state index >= 15 is 0 Å². The standard InChI is InChI=1S/C12H15N3O2S2/c1-8-3-4-11(19(13,16)17)5-12(8)14-6-10-7-18-9(2)15-10/h3-5,7,14H,6H2,1-2H3,(H2,13,16,17). The molecule has 0 radical (unpaired) electrons. The van der Waals surface area contributed by atoms with Crippen LogP contribution in [0.4, 0.5) is 5.69 Å². The van der Waals surface area contributed by atoms with Crippen molar-refractivity contribution in [3.8, 4) is 0 Å². The Morgan fingerprint density at radius 3 is 2.68 bits per heavy atom. The van der Waals surface area contributed by atoms with Gasteiger partial charge in [-0.3, -0.25) is 0 Å². The summed E-state index contributed by atoms with van der Waals surface area (Å²) in [6.45, 7) is 4.40. The van der Waals surface area contributed by atoms with E-state index in [0.29, 0.717) is 6.54 Å². The maximum Gasteiger partial charge on any atom is 0.238 e. The predicted molar refractivity (Wildman–Crippen MR) is 76.7 cm³/mol. The zero-order valence-corrected chi connectivity index (χ0v) is 12.3. The molecule has 0 saturated carbocycles. The Labute approximate surface area is 116 Å². The van der Waals surface area contributed by atoms with E-state index in [1.165, 1.54) is 6.07 Å². The van der Waals surface area contributed by atoms with Crippen molar-refractivity contribution in [2.24, 2.45) is 5.14 Å². The van der Waals surface area contributed by atoms with Crippen molar-refractivity contribution in [3.05, 3.63) is 39.8 Å². The highest BCUT2D eigenvalue weighted by Crippen LogP contribution is 2.20. The normalized spacial score (nSPS) is 11.5. The summed E-state index contributed by atoms with van der Waals surface area (Å²) in [5, 5.41) is 11.3. The van der Waals surface area contributed by atoms with Gasteiger partial charge in [0.25, 0.3) is 0 Å². The first-order valence-electron chi connectivity index (χ1n) is 5.64. The molecule has 3 N–H and O–H groups in total. The molecule has 19 heavy (non-hydrogen) atoms. The van der Waals surface area contributed by atoms with Crippen LogP contribution in [0, 0.1) is 13.8 Å². The first-order chi connectivity index (χ1) is 8.86. The van der Waals surface area contributed by atoms with E-state index in [1.54, 1.807) is 23.5 Å². The lowest BCUT2D eigenvalue weighted by Crippen LogP contribution is -2.13. The molecule has 1 aromatic carbocycles. The first kappa shape index (κ1) is 14.0. The summed E-state index contributed by atoms with van der Waals surface area (Å²) in [6, 6.07) is 4.78. The number of nitrogens with zero attached hydrogens (tertiary/aromatic N) is 1. The number of rotatable bonds is 4. The Morgan fingerprint density at radius 2 is 2.11 bits per heavy atom. The number of nitrogens with two attached hydrogens (primary N) is 1. The van der Waals surface area contributed by atoms with Gasteiger partial charge >= 0.3 is 0 Å². The molecule has 0 bridgehead atoms. The molecule has 102 valence electrons. The number of aryl methyl sites for hydroxylation is 2. The Hall–Kier alpha value is -1.44. The number of thiazole rings is 1. The monoisotopic (exact) mass is 297 g/mol. The van der Waals surface area contributed by atoms with Gasteiger partial charge in [0, 0.05) is 11.1 Å². The molecular weight excluding hydrogens is 282 g/mol. The summed E-state index contributed by atoms with van der Waals surface area (Å²) in [4.78, 5) is 4.45. The maximum atomic E-state index is 11.3. The molecule has 0 aliphatic rings. The van der Waals surface area contributed by atoms with Crippen molar-refractivity contribution in [1.29, 1.82) is 0 Å². The molecule has 2 aromatic rings. The zero-order chi connectivity index (χ0) is 14.0. The first-order valence-corrected chi connectivity index (χ1v) is 8.07. The van der Waals surface area contributed by atoms with Crippen LogP contribution < -0.4 is 10.5 Å². The lowest BCUT2D eigenvalue weighted by Gasteiger charge is -2.09. The zero-order valence-electron chi connectivity index (χ0n) is 10.7.